The molecule has 0 aliphatic heterocycles. The monoisotopic (exact) mass is 919 g/mol. The molecule has 0 amide bonds. The van der Waals surface area contributed by atoms with E-state index >= 15 is 0 Å². The van der Waals surface area contributed by atoms with Gasteiger partial charge in [-0.15, -0.1) is 0 Å². The van der Waals surface area contributed by atoms with E-state index in [1.165, 1.54) is 231 Å². The van der Waals surface area contributed by atoms with Crippen molar-refractivity contribution in [1.29, 1.82) is 0 Å². The second-order valence-corrected chi connectivity index (χ2v) is 20.8. The molecule has 0 heterocycles. The summed E-state index contributed by atoms with van der Waals surface area (Å²) in [6.45, 7) is 9.06. The van der Waals surface area contributed by atoms with Gasteiger partial charge in [-0.25, -0.2) is 0 Å². The highest BCUT2D eigenvalue weighted by Gasteiger charge is 2.19. The molecule has 0 saturated heterocycles. The maximum atomic E-state index is 12.9. The summed E-state index contributed by atoms with van der Waals surface area (Å²) in [5, 5.41) is 0. The van der Waals surface area contributed by atoms with Crippen LogP contribution in [0, 0.1) is 5.92 Å². The van der Waals surface area contributed by atoms with E-state index in [9.17, 15) is 14.4 Å². The average Bonchev–Trinajstić information content (AvgIpc) is 3.29. The third-order valence-electron chi connectivity index (χ3n) is 13.5. The fourth-order valence-electron chi connectivity index (χ4n) is 9.10. The summed E-state index contributed by atoms with van der Waals surface area (Å²) in [6, 6.07) is 0. The van der Waals surface area contributed by atoms with Crippen LogP contribution in [0.3, 0.4) is 0 Å². The first-order valence-corrected chi connectivity index (χ1v) is 29.4. The van der Waals surface area contributed by atoms with E-state index in [0.717, 1.165) is 63.7 Å². The lowest BCUT2D eigenvalue weighted by Gasteiger charge is -2.18. The molecule has 0 radical (unpaired) electrons. The Balaban J connectivity index is 4.29. The van der Waals surface area contributed by atoms with Crippen molar-refractivity contribution in [2.45, 2.75) is 342 Å². The Kier molecular flexibility index (Phi) is 52.1. The normalized spacial score (nSPS) is 12.0. The highest BCUT2D eigenvalue weighted by Crippen LogP contribution is 2.18. The van der Waals surface area contributed by atoms with E-state index in [1.54, 1.807) is 0 Å². The molecule has 0 aromatic heterocycles. The van der Waals surface area contributed by atoms with Crippen LogP contribution in [0.1, 0.15) is 336 Å². The molecular weight excluding hydrogens is 805 g/mol. The predicted octanol–water partition coefficient (Wildman–Crippen LogP) is 19.4. The first-order chi connectivity index (χ1) is 31.9. The van der Waals surface area contributed by atoms with Crippen molar-refractivity contribution in [2.75, 3.05) is 13.2 Å². The predicted molar refractivity (Wildman–Crippen MR) is 280 cm³/mol. The van der Waals surface area contributed by atoms with Crippen LogP contribution in [0.15, 0.2) is 0 Å². The number of carbonyl (C=O) groups excluding carboxylic acids is 3. The maximum Gasteiger partial charge on any atom is 0.306 e. The van der Waals surface area contributed by atoms with Crippen LogP contribution in [0.2, 0.25) is 0 Å². The van der Waals surface area contributed by atoms with Gasteiger partial charge in [0.15, 0.2) is 6.10 Å². The highest BCUT2D eigenvalue weighted by atomic mass is 16.6. The summed E-state index contributed by atoms with van der Waals surface area (Å²) < 4.78 is 16.9. The Hall–Kier alpha value is -1.59. The molecule has 6 nitrogen and oxygen atoms in total. The van der Waals surface area contributed by atoms with Crippen LogP contribution in [0.5, 0.6) is 0 Å². The van der Waals surface area contributed by atoms with E-state index in [-0.39, 0.29) is 31.1 Å². The number of ether oxygens (including phenoxy) is 3. The van der Waals surface area contributed by atoms with Gasteiger partial charge < -0.3 is 14.2 Å². The van der Waals surface area contributed by atoms with Crippen molar-refractivity contribution >= 4 is 17.9 Å². The fraction of sp³-hybridized carbons (Fsp3) is 0.949. The molecule has 1 atom stereocenters. The molecule has 0 saturated carbocycles. The lowest BCUT2D eigenvalue weighted by atomic mass is 10.0. The van der Waals surface area contributed by atoms with E-state index in [2.05, 4.69) is 27.7 Å². The highest BCUT2D eigenvalue weighted by molar-refractivity contribution is 5.71. The van der Waals surface area contributed by atoms with Crippen LogP contribution in [0.25, 0.3) is 0 Å². The zero-order chi connectivity index (χ0) is 47.4. The van der Waals surface area contributed by atoms with E-state index in [0.29, 0.717) is 19.3 Å². The van der Waals surface area contributed by atoms with E-state index in [1.807, 2.05) is 0 Å². The first-order valence-electron chi connectivity index (χ1n) is 29.4. The van der Waals surface area contributed by atoms with Gasteiger partial charge >= 0.3 is 17.9 Å². The van der Waals surface area contributed by atoms with Gasteiger partial charge in [-0.3, -0.25) is 14.4 Å². The molecule has 0 aliphatic carbocycles. The minimum atomic E-state index is -0.762. The smallest absolute Gasteiger partial charge is 0.306 e. The summed E-state index contributed by atoms with van der Waals surface area (Å²) in [5.74, 6) is -0.00746. The fourth-order valence-corrected chi connectivity index (χ4v) is 9.10. The summed E-state index contributed by atoms with van der Waals surface area (Å²) >= 11 is 0. The standard InChI is InChI=1S/C59H114O6/c1-5-7-9-11-13-15-17-19-21-23-25-27-31-36-40-44-48-52-59(62)65-56(54-64-58(61)51-47-43-39-35-32-28-29-33-37-41-45-49-55(3)4)53-63-57(60)50-46-42-38-34-30-26-24-22-20-18-16-14-12-10-8-6-2/h55-56H,5-54H2,1-4H3/t56-/m1/s1. The van der Waals surface area contributed by atoms with Crippen molar-refractivity contribution in [3.63, 3.8) is 0 Å². The zero-order valence-corrected chi connectivity index (χ0v) is 44.5. The van der Waals surface area contributed by atoms with Gasteiger partial charge in [-0.1, -0.05) is 297 Å². The summed E-state index contributed by atoms with van der Waals surface area (Å²) in [6.07, 6.45) is 58.1. The Labute approximate surface area is 406 Å². The van der Waals surface area contributed by atoms with Crippen molar-refractivity contribution in [3.05, 3.63) is 0 Å². The van der Waals surface area contributed by atoms with Gasteiger partial charge in [0.05, 0.1) is 0 Å². The third kappa shape index (κ3) is 53.2. The van der Waals surface area contributed by atoms with E-state index in [4.69, 9.17) is 14.2 Å². The third-order valence-corrected chi connectivity index (χ3v) is 13.5. The van der Waals surface area contributed by atoms with Crippen LogP contribution in [-0.4, -0.2) is 37.2 Å². The van der Waals surface area contributed by atoms with Crippen LogP contribution < -0.4 is 0 Å². The van der Waals surface area contributed by atoms with Gasteiger partial charge in [-0.2, -0.15) is 0 Å². The summed E-state index contributed by atoms with van der Waals surface area (Å²) in [4.78, 5) is 38.2. The van der Waals surface area contributed by atoms with Gasteiger partial charge in [-0.05, 0) is 25.2 Å². The minimum absolute atomic E-state index is 0.0618. The van der Waals surface area contributed by atoms with Crippen molar-refractivity contribution in [1.82, 2.24) is 0 Å². The van der Waals surface area contributed by atoms with Gasteiger partial charge in [0.25, 0.3) is 0 Å². The number of unbranched alkanes of at least 4 members (excludes halogenated alkanes) is 41. The summed E-state index contributed by atoms with van der Waals surface area (Å²) in [5.41, 5.74) is 0. The van der Waals surface area contributed by atoms with Crippen LogP contribution in [0.4, 0.5) is 0 Å². The number of rotatable bonds is 54. The number of hydrogen-bond acceptors (Lipinski definition) is 6. The Bertz CT molecular complexity index is 980. The van der Waals surface area contributed by atoms with Gasteiger partial charge in [0.1, 0.15) is 13.2 Å². The molecule has 0 N–H and O–H groups in total. The SMILES string of the molecule is CCCCCCCCCCCCCCCCCCCC(=O)O[C@H](COC(=O)CCCCCCCCCCCCCCCCCC)COC(=O)CCCCCCCCCCCCCC(C)C. The number of esters is 3. The second kappa shape index (κ2) is 53.4. The topological polar surface area (TPSA) is 78.9 Å². The number of hydrogen-bond donors (Lipinski definition) is 0. The molecule has 0 rings (SSSR count). The molecule has 0 aromatic rings. The Morgan fingerprint density at radius 2 is 0.508 bits per heavy atom. The number of carbonyl (C=O) groups is 3. The molecule has 0 fully saturated rings. The summed E-state index contributed by atoms with van der Waals surface area (Å²) in [7, 11) is 0. The lowest BCUT2D eigenvalue weighted by Crippen LogP contribution is -2.30. The average molecular weight is 920 g/mol. The largest absolute Gasteiger partial charge is 0.462 e. The van der Waals surface area contributed by atoms with Crippen LogP contribution >= 0.6 is 0 Å². The van der Waals surface area contributed by atoms with Crippen molar-refractivity contribution < 1.29 is 28.6 Å². The van der Waals surface area contributed by atoms with E-state index < -0.39 is 6.10 Å². The molecule has 0 aliphatic rings. The molecule has 0 bridgehead atoms. The molecule has 0 unspecified atom stereocenters. The first kappa shape index (κ1) is 63.4. The molecule has 386 valence electrons. The van der Waals surface area contributed by atoms with Crippen LogP contribution in [-0.2, 0) is 28.6 Å². The molecular formula is C59H114O6. The minimum Gasteiger partial charge on any atom is -0.462 e. The molecule has 65 heavy (non-hydrogen) atoms. The second-order valence-electron chi connectivity index (χ2n) is 20.8. The quantitative estimate of drug-likeness (QED) is 0.0344. The Morgan fingerprint density at radius 3 is 0.754 bits per heavy atom. The van der Waals surface area contributed by atoms with Gasteiger partial charge in [0, 0.05) is 19.3 Å². The lowest BCUT2D eigenvalue weighted by molar-refractivity contribution is -0.167. The Morgan fingerprint density at radius 1 is 0.292 bits per heavy atom. The molecule has 0 aromatic carbocycles. The molecule has 0 spiro atoms. The van der Waals surface area contributed by atoms with Crippen molar-refractivity contribution in [3.8, 4) is 0 Å². The zero-order valence-electron chi connectivity index (χ0n) is 44.5. The maximum absolute atomic E-state index is 12.9. The van der Waals surface area contributed by atoms with Crippen molar-refractivity contribution in [2.24, 2.45) is 5.92 Å². The van der Waals surface area contributed by atoms with Gasteiger partial charge in [0.2, 0.25) is 0 Å². The molecule has 6 heteroatoms.